The lowest BCUT2D eigenvalue weighted by Crippen LogP contribution is -2.21. The summed E-state index contributed by atoms with van der Waals surface area (Å²) in [6.07, 6.45) is 1.01. The molecule has 0 aliphatic heterocycles. The number of hydrazone groups is 1. The highest BCUT2D eigenvalue weighted by Gasteiger charge is 2.18. The first kappa shape index (κ1) is 17.1. The highest BCUT2D eigenvalue weighted by molar-refractivity contribution is 6.39. The summed E-state index contributed by atoms with van der Waals surface area (Å²) in [5.74, 6) is -0.770. The van der Waals surface area contributed by atoms with E-state index in [1.807, 2.05) is 0 Å². The van der Waals surface area contributed by atoms with Gasteiger partial charge in [-0.15, -0.1) is 0 Å². The number of nitro groups is 1. The number of oxime groups is 1. The molecule has 0 heterocycles. The number of amides is 1. The van der Waals surface area contributed by atoms with Gasteiger partial charge in [-0.1, -0.05) is 41.0 Å². The van der Waals surface area contributed by atoms with E-state index in [1.54, 1.807) is 24.3 Å². The van der Waals surface area contributed by atoms with Crippen molar-refractivity contribution in [3.8, 4) is 0 Å². The first-order valence-electron chi connectivity index (χ1n) is 6.57. The van der Waals surface area contributed by atoms with Gasteiger partial charge in [-0.2, -0.15) is 5.10 Å². The van der Waals surface area contributed by atoms with Crippen molar-refractivity contribution in [2.24, 2.45) is 10.3 Å². The van der Waals surface area contributed by atoms with Crippen molar-refractivity contribution in [2.75, 3.05) is 0 Å². The lowest BCUT2D eigenvalue weighted by Gasteiger charge is -2.04. The lowest BCUT2D eigenvalue weighted by molar-refractivity contribution is -0.385. The van der Waals surface area contributed by atoms with Crippen molar-refractivity contribution >= 4 is 35.1 Å². The van der Waals surface area contributed by atoms with Crippen molar-refractivity contribution < 1.29 is 14.9 Å². The second-order valence-electron chi connectivity index (χ2n) is 4.47. The van der Waals surface area contributed by atoms with E-state index in [-0.39, 0.29) is 17.0 Å². The normalized spacial score (nSPS) is 11.5. The summed E-state index contributed by atoms with van der Waals surface area (Å²) in [4.78, 5) is 22.4. The first-order valence-corrected chi connectivity index (χ1v) is 6.95. The lowest BCUT2D eigenvalue weighted by atomic mass is 10.1. The summed E-state index contributed by atoms with van der Waals surface area (Å²) in [6.45, 7) is 0. The number of nitrogens with one attached hydrogen (secondary N) is 1. The van der Waals surface area contributed by atoms with Crippen molar-refractivity contribution in [3.63, 3.8) is 0 Å². The summed E-state index contributed by atoms with van der Waals surface area (Å²) in [5.41, 5.74) is 2.32. The van der Waals surface area contributed by atoms with Crippen molar-refractivity contribution in [3.05, 3.63) is 74.8 Å². The molecule has 0 aliphatic rings. The zero-order valence-electron chi connectivity index (χ0n) is 12.1. The van der Waals surface area contributed by atoms with E-state index in [0.29, 0.717) is 10.6 Å². The van der Waals surface area contributed by atoms with Gasteiger partial charge in [-0.05, 0) is 18.2 Å². The van der Waals surface area contributed by atoms with E-state index < -0.39 is 10.8 Å². The molecule has 2 N–H and O–H groups in total. The number of carbonyl (C=O) groups is 1. The van der Waals surface area contributed by atoms with Gasteiger partial charge in [0.25, 0.3) is 11.6 Å². The number of halogens is 1. The summed E-state index contributed by atoms with van der Waals surface area (Å²) in [7, 11) is 0. The fourth-order valence-electron chi connectivity index (χ4n) is 1.87. The van der Waals surface area contributed by atoms with Crippen LogP contribution in [0.5, 0.6) is 0 Å². The maximum atomic E-state index is 12.1. The summed E-state index contributed by atoms with van der Waals surface area (Å²) in [6, 6.07) is 12.0. The van der Waals surface area contributed by atoms with Crippen LogP contribution in [0.2, 0.25) is 5.02 Å². The molecule has 0 bridgehead atoms. The Morgan fingerprint density at radius 2 is 2.00 bits per heavy atom. The first-order chi connectivity index (χ1) is 11.5. The molecule has 122 valence electrons. The number of hydrogen-bond acceptors (Lipinski definition) is 6. The van der Waals surface area contributed by atoms with Crippen molar-refractivity contribution in [1.82, 2.24) is 5.43 Å². The van der Waals surface area contributed by atoms with Crippen LogP contribution in [0.25, 0.3) is 0 Å². The van der Waals surface area contributed by atoms with Crippen LogP contribution < -0.4 is 5.43 Å². The Kier molecular flexibility index (Phi) is 5.58. The Labute approximate surface area is 141 Å². The molecule has 0 aliphatic carbocycles. The predicted molar refractivity (Wildman–Crippen MR) is 88.8 cm³/mol. The minimum atomic E-state index is -0.770. The zero-order chi connectivity index (χ0) is 17.5. The number of nitrogens with zero attached hydrogens (tertiary/aromatic N) is 3. The van der Waals surface area contributed by atoms with Crippen LogP contribution in [0.3, 0.4) is 0 Å². The highest BCUT2D eigenvalue weighted by Crippen LogP contribution is 2.17. The number of benzene rings is 2. The molecular formula is C15H11ClN4O4. The van der Waals surface area contributed by atoms with Gasteiger partial charge in [-0.25, -0.2) is 5.43 Å². The number of rotatable bonds is 5. The van der Waals surface area contributed by atoms with Crippen molar-refractivity contribution in [1.29, 1.82) is 0 Å². The summed E-state index contributed by atoms with van der Waals surface area (Å²) in [5, 5.41) is 26.8. The third kappa shape index (κ3) is 4.14. The molecule has 24 heavy (non-hydrogen) atoms. The predicted octanol–water partition coefficient (Wildman–Crippen LogP) is 2.84. The smallest absolute Gasteiger partial charge is 0.282 e. The van der Waals surface area contributed by atoms with E-state index in [4.69, 9.17) is 16.8 Å². The Hall–Kier alpha value is -3.26. The molecule has 9 heteroatoms. The summed E-state index contributed by atoms with van der Waals surface area (Å²) >= 11 is 5.88. The molecule has 2 rings (SSSR count). The van der Waals surface area contributed by atoms with Crippen LogP contribution in [-0.4, -0.2) is 28.0 Å². The molecule has 0 saturated heterocycles. The molecule has 2 aromatic carbocycles. The van der Waals surface area contributed by atoms with E-state index in [2.05, 4.69) is 15.7 Å². The van der Waals surface area contributed by atoms with Gasteiger partial charge >= 0.3 is 0 Å². The number of nitro benzene ring substituents is 1. The quantitative estimate of drug-likeness (QED) is 0.374. The van der Waals surface area contributed by atoms with E-state index in [0.717, 1.165) is 6.21 Å². The average molecular weight is 347 g/mol. The largest absolute Gasteiger partial charge is 0.411 e. The van der Waals surface area contributed by atoms with Crippen LogP contribution in [0.4, 0.5) is 5.69 Å². The van der Waals surface area contributed by atoms with Crippen molar-refractivity contribution in [2.45, 2.75) is 0 Å². The Balaban J connectivity index is 2.30. The third-order valence-electron chi connectivity index (χ3n) is 2.92. The third-order valence-corrected chi connectivity index (χ3v) is 3.16. The molecule has 0 saturated carbocycles. The van der Waals surface area contributed by atoms with Gasteiger partial charge in [0.05, 0.1) is 11.1 Å². The van der Waals surface area contributed by atoms with E-state index in [1.165, 1.54) is 24.3 Å². The SMILES string of the molecule is O=C(NN=C(C=NO)c1cccc(Cl)c1)c1ccccc1[N+](=O)[O-]. The number of para-hydroxylation sites is 1. The molecule has 0 fully saturated rings. The molecule has 8 nitrogen and oxygen atoms in total. The van der Waals surface area contributed by atoms with Gasteiger partial charge in [-0.3, -0.25) is 14.9 Å². The Morgan fingerprint density at radius 1 is 1.25 bits per heavy atom. The molecule has 2 aromatic rings. The van der Waals surface area contributed by atoms with Crippen LogP contribution in [0.15, 0.2) is 58.8 Å². The monoisotopic (exact) mass is 346 g/mol. The van der Waals surface area contributed by atoms with E-state index >= 15 is 0 Å². The van der Waals surface area contributed by atoms with Gasteiger partial charge < -0.3 is 5.21 Å². The van der Waals surface area contributed by atoms with Crippen LogP contribution in [0.1, 0.15) is 15.9 Å². The van der Waals surface area contributed by atoms with E-state index in [9.17, 15) is 14.9 Å². The average Bonchev–Trinajstić information content (AvgIpc) is 2.58. The fraction of sp³-hybridized carbons (Fsp3) is 0. The van der Waals surface area contributed by atoms with Gasteiger partial charge in [0, 0.05) is 16.7 Å². The molecule has 1 amide bonds. The number of hydrogen-bond donors (Lipinski definition) is 2. The minimum Gasteiger partial charge on any atom is -0.411 e. The second-order valence-corrected chi connectivity index (χ2v) is 4.90. The van der Waals surface area contributed by atoms with Gasteiger partial charge in [0.2, 0.25) is 0 Å². The topological polar surface area (TPSA) is 117 Å². The van der Waals surface area contributed by atoms with Gasteiger partial charge in [0.15, 0.2) is 0 Å². The van der Waals surface area contributed by atoms with Crippen LogP contribution >= 0.6 is 11.6 Å². The Morgan fingerprint density at radius 3 is 2.67 bits per heavy atom. The minimum absolute atomic E-state index is 0.118. The fourth-order valence-corrected chi connectivity index (χ4v) is 2.06. The second kappa shape index (κ2) is 7.84. The highest BCUT2D eigenvalue weighted by atomic mass is 35.5. The maximum Gasteiger partial charge on any atom is 0.282 e. The van der Waals surface area contributed by atoms with Crippen LogP contribution in [-0.2, 0) is 0 Å². The molecule has 0 spiro atoms. The van der Waals surface area contributed by atoms with Crippen LogP contribution in [0, 0.1) is 10.1 Å². The maximum absolute atomic E-state index is 12.1. The molecule has 0 radical (unpaired) electrons. The molecule has 0 atom stereocenters. The Bertz CT molecular complexity index is 836. The number of carbonyl (C=O) groups excluding carboxylic acids is 1. The standard InChI is InChI=1S/C15H11ClN4O4/c16-11-5-3-4-10(8-11)13(9-17-22)18-19-15(21)12-6-1-2-7-14(12)20(23)24/h1-9,22H,(H,19,21). The molecular weight excluding hydrogens is 336 g/mol. The zero-order valence-corrected chi connectivity index (χ0v) is 12.8. The molecule has 0 aromatic heterocycles. The summed E-state index contributed by atoms with van der Waals surface area (Å²) < 4.78 is 0. The molecule has 0 unspecified atom stereocenters. The van der Waals surface area contributed by atoms with Gasteiger partial charge in [0.1, 0.15) is 11.3 Å².